The topological polar surface area (TPSA) is 64.0 Å². The van der Waals surface area contributed by atoms with Crippen molar-refractivity contribution in [2.24, 2.45) is 0 Å². The largest absolute Gasteiger partial charge is 0.378 e. The molecule has 0 aliphatic carbocycles. The van der Waals surface area contributed by atoms with Gasteiger partial charge in [0.15, 0.2) is 5.82 Å². The zero-order valence-corrected chi connectivity index (χ0v) is 9.86. The molecular formula is C10H19N5O. The maximum absolute atomic E-state index is 5.44. The number of hydrogen-bond donors (Lipinski definition) is 2. The third-order valence-corrected chi connectivity index (χ3v) is 2.66. The van der Waals surface area contributed by atoms with Crippen LogP contribution in [0.2, 0.25) is 0 Å². The second-order valence-corrected chi connectivity index (χ2v) is 3.74. The summed E-state index contributed by atoms with van der Waals surface area (Å²) in [4.78, 5) is 0. The van der Waals surface area contributed by atoms with Gasteiger partial charge in [-0.2, -0.15) is 0 Å². The second-order valence-electron chi connectivity index (χ2n) is 3.74. The van der Waals surface area contributed by atoms with Gasteiger partial charge in [0.25, 0.3) is 0 Å². The number of morpholine rings is 1. The molecule has 0 spiro atoms. The van der Waals surface area contributed by atoms with Crippen molar-refractivity contribution in [3.8, 4) is 0 Å². The summed E-state index contributed by atoms with van der Waals surface area (Å²) < 4.78 is 7.53. The van der Waals surface area contributed by atoms with Crippen LogP contribution in [0.1, 0.15) is 25.7 Å². The molecule has 0 bridgehead atoms. The zero-order valence-electron chi connectivity index (χ0n) is 9.86. The molecule has 0 aromatic carbocycles. The minimum Gasteiger partial charge on any atom is -0.378 e. The molecule has 0 radical (unpaired) electrons. The fourth-order valence-electron chi connectivity index (χ4n) is 1.90. The molecule has 2 heterocycles. The molecule has 1 aromatic rings. The number of nitrogens with one attached hydrogen (secondary N) is 2. The molecule has 1 aliphatic heterocycles. The van der Waals surface area contributed by atoms with Gasteiger partial charge >= 0.3 is 0 Å². The van der Waals surface area contributed by atoms with Crippen molar-refractivity contribution in [1.82, 2.24) is 20.1 Å². The summed E-state index contributed by atoms with van der Waals surface area (Å²) in [5, 5.41) is 15.0. The molecule has 1 unspecified atom stereocenters. The Morgan fingerprint density at radius 1 is 1.50 bits per heavy atom. The van der Waals surface area contributed by atoms with E-state index in [0.717, 1.165) is 38.0 Å². The lowest BCUT2D eigenvalue weighted by Gasteiger charge is -2.23. The number of rotatable bonds is 4. The lowest BCUT2D eigenvalue weighted by molar-refractivity contribution is 0.0730. The molecule has 1 atom stereocenters. The second kappa shape index (κ2) is 5.27. The van der Waals surface area contributed by atoms with Crippen molar-refractivity contribution >= 4 is 5.95 Å². The van der Waals surface area contributed by atoms with E-state index in [1.54, 1.807) is 0 Å². The summed E-state index contributed by atoms with van der Waals surface area (Å²) in [7, 11) is 0. The number of aromatic nitrogens is 3. The van der Waals surface area contributed by atoms with Crippen LogP contribution >= 0.6 is 0 Å². The standard InChI is InChI=1S/C10H19N5O/c1-3-11-10-14-13-9(15(10)4-2)8-7-16-6-5-12-8/h8,12H,3-7H2,1-2H3,(H,11,14). The molecule has 2 rings (SSSR count). The molecule has 1 saturated heterocycles. The first-order valence-electron chi connectivity index (χ1n) is 5.84. The Balaban J connectivity index is 2.18. The van der Waals surface area contributed by atoms with Crippen molar-refractivity contribution in [3.05, 3.63) is 5.82 Å². The van der Waals surface area contributed by atoms with E-state index in [1.165, 1.54) is 0 Å². The Morgan fingerprint density at radius 3 is 3.00 bits per heavy atom. The number of nitrogens with zero attached hydrogens (tertiary/aromatic N) is 3. The molecule has 1 aliphatic rings. The van der Waals surface area contributed by atoms with Crippen molar-refractivity contribution in [1.29, 1.82) is 0 Å². The molecule has 0 amide bonds. The van der Waals surface area contributed by atoms with Gasteiger partial charge < -0.3 is 15.4 Å². The summed E-state index contributed by atoms with van der Waals surface area (Å²) in [5.74, 6) is 1.80. The van der Waals surface area contributed by atoms with Crippen LogP contribution in [0.5, 0.6) is 0 Å². The predicted molar refractivity (Wildman–Crippen MR) is 61.4 cm³/mol. The van der Waals surface area contributed by atoms with Crippen LogP contribution in [-0.2, 0) is 11.3 Å². The minimum atomic E-state index is 0.161. The number of anilines is 1. The van der Waals surface area contributed by atoms with Crippen LogP contribution in [0.25, 0.3) is 0 Å². The van der Waals surface area contributed by atoms with E-state index in [4.69, 9.17) is 4.74 Å². The Kier molecular flexibility index (Phi) is 3.74. The van der Waals surface area contributed by atoms with E-state index >= 15 is 0 Å². The molecule has 6 nitrogen and oxygen atoms in total. The van der Waals surface area contributed by atoms with Gasteiger partial charge in [0, 0.05) is 19.6 Å². The van der Waals surface area contributed by atoms with Gasteiger partial charge in [0.2, 0.25) is 5.95 Å². The van der Waals surface area contributed by atoms with Crippen LogP contribution in [0.3, 0.4) is 0 Å². The number of ether oxygens (including phenoxy) is 1. The van der Waals surface area contributed by atoms with E-state index in [1.807, 2.05) is 0 Å². The highest BCUT2D eigenvalue weighted by Gasteiger charge is 2.22. The van der Waals surface area contributed by atoms with Gasteiger partial charge in [-0.1, -0.05) is 0 Å². The van der Waals surface area contributed by atoms with Crippen molar-refractivity contribution in [2.45, 2.75) is 26.4 Å². The molecule has 16 heavy (non-hydrogen) atoms. The van der Waals surface area contributed by atoms with E-state index in [-0.39, 0.29) is 6.04 Å². The lowest BCUT2D eigenvalue weighted by atomic mass is 10.2. The van der Waals surface area contributed by atoms with Crippen LogP contribution in [0.4, 0.5) is 5.95 Å². The average molecular weight is 225 g/mol. The van der Waals surface area contributed by atoms with Crippen molar-refractivity contribution in [3.63, 3.8) is 0 Å². The highest BCUT2D eigenvalue weighted by Crippen LogP contribution is 2.17. The minimum absolute atomic E-state index is 0.161. The SMILES string of the molecule is CCNc1nnc(C2COCCN2)n1CC. The summed E-state index contributed by atoms with van der Waals surface area (Å²) in [6, 6.07) is 0.161. The van der Waals surface area contributed by atoms with Gasteiger partial charge in [-0.05, 0) is 13.8 Å². The maximum atomic E-state index is 5.44. The van der Waals surface area contributed by atoms with Gasteiger partial charge in [-0.15, -0.1) is 10.2 Å². The van der Waals surface area contributed by atoms with Crippen molar-refractivity contribution in [2.75, 3.05) is 31.6 Å². The fraction of sp³-hybridized carbons (Fsp3) is 0.800. The van der Waals surface area contributed by atoms with Crippen molar-refractivity contribution < 1.29 is 4.74 Å². The van der Waals surface area contributed by atoms with E-state index < -0.39 is 0 Å². The highest BCUT2D eigenvalue weighted by molar-refractivity contribution is 5.26. The van der Waals surface area contributed by atoms with E-state index in [0.29, 0.717) is 6.61 Å². The molecule has 1 fully saturated rings. The van der Waals surface area contributed by atoms with Crippen LogP contribution in [0, 0.1) is 0 Å². The van der Waals surface area contributed by atoms with Gasteiger partial charge in [0.1, 0.15) is 0 Å². The quantitative estimate of drug-likeness (QED) is 0.776. The Labute approximate surface area is 95.4 Å². The Hall–Kier alpha value is -1.14. The molecule has 1 aromatic heterocycles. The Morgan fingerprint density at radius 2 is 2.38 bits per heavy atom. The molecule has 2 N–H and O–H groups in total. The average Bonchev–Trinajstić information content (AvgIpc) is 2.73. The smallest absolute Gasteiger partial charge is 0.224 e. The van der Waals surface area contributed by atoms with Crippen LogP contribution in [-0.4, -0.2) is 41.1 Å². The third-order valence-electron chi connectivity index (χ3n) is 2.66. The number of hydrogen-bond acceptors (Lipinski definition) is 5. The molecule has 0 saturated carbocycles. The third kappa shape index (κ3) is 2.17. The first-order valence-corrected chi connectivity index (χ1v) is 5.84. The van der Waals surface area contributed by atoms with Gasteiger partial charge in [-0.3, -0.25) is 4.57 Å². The molecule has 90 valence electrons. The highest BCUT2D eigenvalue weighted by atomic mass is 16.5. The van der Waals surface area contributed by atoms with Gasteiger partial charge in [0.05, 0.1) is 19.3 Å². The summed E-state index contributed by atoms with van der Waals surface area (Å²) in [6.07, 6.45) is 0. The van der Waals surface area contributed by atoms with Crippen LogP contribution in [0.15, 0.2) is 0 Å². The Bertz CT molecular complexity index is 332. The molecular weight excluding hydrogens is 206 g/mol. The summed E-state index contributed by atoms with van der Waals surface area (Å²) in [6.45, 7) is 8.18. The fourth-order valence-corrected chi connectivity index (χ4v) is 1.90. The van der Waals surface area contributed by atoms with E-state index in [2.05, 4.69) is 39.2 Å². The maximum Gasteiger partial charge on any atom is 0.224 e. The summed E-state index contributed by atoms with van der Waals surface area (Å²) >= 11 is 0. The first kappa shape index (κ1) is 11.3. The normalized spacial score (nSPS) is 21.0. The zero-order chi connectivity index (χ0) is 11.4. The van der Waals surface area contributed by atoms with E-state index in [9.17, 15) is 0 Å². The first-order chi connectivity index (χ1) is 7.86. The lowest BCUT2D eigenvalue weighted by Crippen LogP contribution is -2.36. The monoisotopic (exact) mass is 225 g/mol. The predicted octanol–water partition coefficient (Wildman–Crippen LogP) is 0.391. The van der Waals surface area contributed by atoms with Gasteiger partial charge in [-0.25, -0.2) is 0 Å². The summed E-state index contributed by atoms with van der Waals surface area (Å²) in [5.41, 5.74) is 0. The van der Waals surface area contributed by atoms with Crippen LogP contribution < -0.4 is 10.6 Å². The molecule has 6 heteroatoms.